The fraction of sp³-hybridized carbons (Fsp3) is 0.533. The Balaban J connectivity index is 1.86. The summed E-state index contributed by atoms with van der Waals surface area (Å²) in [5.41, 5.74) is 3.01. The first-order chi connectivity index (χ1) is 8.49. The molecule has 3 heteroatoms. The van der Waals surface area contributed by atoms with Gasteiger partial charge in [0.1, 0.15) is 0 Å². The van der Waals surface area contributed by atoms with E-state index in [-0.39, 0.29) is 5.54 Å². The molecule has 0 aromatic heterocycles. The molecule has 0 spiro atoms. The van der Waals surface area contributed by atoms with Crippen LogP contribution in [0.3, 0.4) is 0 Å². The number of hydrogen-bond donors (Lipinski definition) is 2. The van der Waals surface area contributed by atoms with E-state index in [1.807, 2.05) is 7.05 Å². The number of benzene rings is 1. The molecule has 0 bridgehead atoms. The molecule has 1 aliphatic carbocycles. The van der Waals surface area contributed by atoms with E-state index in [1.165, 1.54) is 17.5 Å². The highest BCUT2D eigenvalue weighted by Gasteiger charge is 2.25. The van der Waals surface area contributed by atoms with Gasteiger partial charge in [-0.15, -0.1) is 0 Å². The fourth-order valence-electron chi connectivity index (χ4n) is 2.30. The predicted molar refractivity (Wildman–Crippen MR) is 77.1 cm³/mol. The number of nitrogens with zero attached hydrogens (tertiary/aromatic N) is 1. The highest BCUT2D eigenvalue weighted by Crippen LogP contribution is 2.33. The first-order valence-electron chi connectivity index (χ1n) is 6.56. The molecule has 18 heavy (non-hydrogen) atoms. The molecular weight excluding hydrogens is 222 g/mol. The van der Waals surface area contributed by atoms with Crippen molar-refractivity contribution in [3.63, 3.8) is 0 Å². The molecule has 1 unspecified atom stereocenters. The molecule has 98 valence electrons. The molecule has 0 aliphatic heterocycles. The second kappa shape index (κ2) is 5.01. The third-order valence-electron chi connectivity index (χ3n) is 3.19. The van der Waals surface area contributed by atoms with Crippen LogP contribution in [0.25, 0.3) is 0 Å². The van der Waals surface area contributed by atoms with Gasteiger partial charge in [0.2, 0.25) is 0 Å². The van der Waals surface area contributed by atoms with Crippen LogP contribution >= 0.6 is 0 Å². The first-order valence-corrected chi connectivity index (χ1v) is 6.56. The van der Waals surface area contributed by atoms with Crippen LogP contribution in [0, 0.1) is 0 Å². The highest BCUT2D eigenvalue weighted by atomic mass is 15.2. The van der Waals surface area contributed by atoms with Crippen molar-refractivity contribution in [2.24, 2.45) is 4.99 Å². The quantitative estimate of drug-likeness (QED) is 0.619. The number of rotatable bonds is 2. The zero-order chi connectivity index (χ0) is 13.2. The minimum absolute atomic E-state index is 0.0410. The summed E-state index contributed by atoms with van der Waals surface area (Å²) < 4.78 is 0. The van der Waals surface area contributed by atoms with Crippen LogP contribution in [0.4, 0.5) is 0 Å². The van der Waals surface area contributed by atoms with Gasteiger partial charge in [-0.1, -0.05) is 24.3 Å². The zero-order valence-corrected chi connectivity index (χ0v) is 11.7. The Kier molecular flexibility index (Phi) is 3.60. The smallest absolute Gasteiger partial charge is 0.191 e. The average molecular weight is 245 g/mol. The fourth-order valence-corrected chi connectivity index (χ4v) is 2.30. The molecule has 0 fully saturated rings. The van der Waals surface area contributed by atoms with Crippen LogP contribution in [0.5, 0.6) is 0 Å². The number of fused-ring (bicyclic) bond motifs is 1. The maximum atomic E-state index is 4.25. The van der Waals surface area contributed by atoms with Gasteiger partial charge in [-0.3, -0.25) is 4.99 Å². The molecule has 1 aromatic carbocycles. The summed E-state index contributed by atoms with van der Waals surface area (Å²) in [6, 6.07) is 8.68. The van der Waals surface area contributed by atoms with Crippen LogP contribution < -0.4 is 10.6 Å². The Morgan fingerprint density at radius 2 is 2.06 bits per heavy atom. The Hall–Kier alpha value is -1.51. The summed E-state index contributed by atoms with van der Waals surface area (Å²) >= 11 is 0. The molecule has 0 amide bonds. The van der Waals surface area contributed by atoms with E-state index >= 15 is 0 Å². The Morgan fingerprint density at radius 3 is 2.67 bits per heavy atom. The van der Waals surface area contributed by atoms with Gasteiger partial charge in [0, 0.05) is 25.0 Å². The van der Waals surface area contributed by atoms with Crippen molar-refractivity contribution >= 4 is 5.96 Å². The molecule has 2 rings (SSSR count). The second-order valence-corrected chi connectivity index (χ2v) is 5.93. The summed E-state index contributed by atoms with van der Waals surface area (Å²) in [4.78, 5) is 4.25. The van der Waals surface area contributed by atoms with E-state index < -0.39 is 0 Å². The van der Waals surface area contributed by atoms with E-state index in [2.05, 4.69) is 60.7 Å². The lowest BCUT2D eigenvalue weighted by molar-refractivity contribution is 0.495. The zero-order valence-electron chi connectivity index (χ0n) is 11.7. The molecular formula is C15H23N3. The van der Waals surface area contributed by atoms with Gasteiger partial charge in [0.05, 0.1) is 0 Å². The number of hydrogen-bond acceptors (Lipinski definition) is 1. The maximum absolute atomic E-state index is 4.25. The summed E-state index contributed by atoms with van der Waals surface area (Å²) in [6.45, 7) is 7.36. The number of aliphatic imine (C=N–C) groups is 1. The van der Waals surface area contributed by atoms with Gasteiger partial charge in [-0.05, 0) is 38.3 Å². The van der Waals surface area contributed by atoms with Crippen LogP contribution in [0.1, 0.15) is 37.8 Å². The molecule has 2 N–H and O–H groups in total. The standard InChI is InChI=1S/C15H23N3/c1-15(2,3)18-14(16-4)17-10-12-9-11-7-5-6-8-13(11)12/h5-8,12H,9-10H2,1-4H3,(H2,16,17,18). The Morgan fingerprint density at radius 1 is 1.33 bits per heavy atom. The lowest BCUT2D eigenvalue weighted by Gasteiger charge is -2.31. The van der Waals surface area contributed by atoms with Crippen molar-refractivity contribution in [3.05, 3.63) is 35.4 Å². The predicted octanol–water partition coefficient (Wildman–Crippen LogP) is 2.29. The number of guanidine groups is 1. The topological polar surface area (TPSA) is 36.4 Å². The third-order valence-corrected chi connectivity index (χ3v) is 3.19. The van der Waals surface area contributed by atoms with E-state index in [4.69, 9.17) is 0 Å². The van der Waals surface area contributed by atoms with Crippen molar-refractivity contribution < 1.29 is 0 Å². The largest absolute Gasteiger partial charge is 0.356 e. The van der Waals surface area contributed by atoms with Crippen molar-refractivity contribution in [2.45, 2.75) is 38.6 Å². The van der Waals surface area contributed by atoms with E-state index in [0.29, 0.717) is 5.92 Å². The van der Waals surface area contributed by atoms with Crippen LogP contribution in [-0.2, 0) is 6.42 Å². The summed E-state index contributed by atoms with van der Waals surface area (Å²) in [6.07, 6.45) is 1.18. The van der Waals surface area contributed by atoms with Crippen molar-refractivity contribution in [1.82, 2.24) is 10.6 Å². The van der Waals surface area contributed by atoms with Crippen molar-refractivity contribution in [2.75, 3.05) is 13.6 Å². The third kappa shape index (κ3) is 3.03. The van der Waals surface area contributed by atoms with Gasteiger partial charge in [0.25, 0.3) is 0 Å². The Labute approximate surface area is 110 Å². The molecule has 0 saturated carbocycles. The van der Waals surface area contributed by atoms with Gasteiger partial charge < -0.3 is 10.6 Å². The summed E-state index contributed by atoms with van der Waals surface area (Å²) in [7, 11) is 1.82. The van der Waals surface area contributed by atoms with Crippen molar-refractivity contribution in [3.8, 4) is 0 Å². The molecule has 1 aliphatic rings. The van der Waals surface area contributed by atoms with Crippen LogP contribution in [0.2, 0.25) is 0 Å². The lowest BCUT2D eigenvalue weighted by Crippen LogP contribution is -2.49. The minimum atomic E-state index is 0.0410. The summed E-state index contributed by atoms with van der Waals surface area (Å²) in [5, 5.41) is 6.78. The normalized spacial score (nSPS) is 18.9. The van der Waals surface area contributed by atoms with Crippen molar-refractivity contribution in [1.29, 1.82) is 0 Å². The minimum Gasteiger partial charge on any atom is -0.356 e. The van der Waals surface area contributed by atoms with Crippen LogP contribution in [0.15, 0.2) is 29.3 Å². The maximum Gasteiger partial charge on any atom is 0.191 e. The second-order valence-electron chi connectivity index (χ2n) is 5.93. The molecule has 1 atom stereocenters. The van der Waals surface area contributed by atoms with Gasteiger partial charge in [0.15, 0.2) is 5.96 Å². The summed E-state index contributed by atoms with van der Waals surface area (Å²) in [5.74, 6) is 1.51. The van der Waals surface area contributed by atoms with Gasteiger partial charge in [-0.25, -0.2) is 0 Å². The van der Waals surface area contributed by atoms with E-state index in [0.717, 1.165) is 12.5 Å². The Bertz CT molecular complexity index is 443. The van der Waals surface area contributed by atoms with Crippen LogP contribution in [-0.4, -0.2) is 25.1 Å². The van der Waals surface area contributed by atoms with Gasteiger partial charge in [-0.2, -0.15) is 0 Å². The first kappa shape index (κ1) is 12.9. The highest BCUT2D eigenvalue weighted by molar-refractivity contribution is 5.80. The molecule has 3 nitrogen and oxygen atoms in total. The van der Waals surface area contributed by atoms with E-state index in [9.17, 15) is 0 Å². The molecule has 1 aromatic rings. The molecule has 0 heterocycles. The van der Waals surface area contributed by atoms with E-state index in [1.54, 1.807) is 0 Å². The lowest BCUT2D eigenvalue weighted by atomic mass is 9.78. The van der Waals surface area contributed by atoms with Gasteiger partial charge >= 0.3 is 0 Å². The molecule has 0 saturated heterocycles. The number of nitrogens with one attached hydrogen (secondary N) is 2. The molecule has 0 radical (unpaired) electrons. The SMILES string of the molecule is CN=C(NCC1Cc2ccccc21)NC(C)(C)C. The average Bonchev–Trinajstić information content (AvgIpc) is 2.27. The monoisotopic (exact) mass is 245 g/mol.